The van der Waals surface area contributed by atoms with Gasteiger partial charge in [-0.15, -0.1) is 0 Å². The molecular formula is C28H34O6. The SMILES string of the molecule is COCc1cc(C(C)(c2ccccc2)c2cc(COC)c(O)c(COC)c2)cc(COC)c1O. The fourth-order valence-corrected chi connectivity index (χ4v) is 4.43. The number of phenolic OH excluding ortho intramolecular Hbond substituents is 2. The number of rotatable bonds is 11. The van der Waals surface area contributed by atoms with Crippen molar-refractivity contribution in [1.82, 2.24) is 0 Å². The van der Waals surface area contributed by atoms with Crippen molar-refractivity contribution in [3.8, 4) is 11.5 Å². The van der Waals surface area contributed by atoms with E-state index in [4.69, 9.17) is 18.9 Å². The number of ether oxygens (including phenoxy) is 4. The van der Waals surface area contributed by atoms with Crippen molar-refractivity contribution in [2.45, 2.75) is 38.8 Å². The average Bonchev–Trinajstić information content (AvgIpc) is 2.84. The second kappa shape index (κ2) is 11.5. The van der Waals surface area contributed by atoms with Gasteiger partial charge in [0.05, 0.1) is 26.4 Å². The first-order valence-corrected chi connectivity index (χ1v) is 11.1. The fraction of sp³-hybridized carbons (Fsp3) is 0.357. The lowest BCUT2D eigenvalue weighted by atomic mass is 9.69. The van der Waals surface area contributed by atoms with Crippen LogP contribution in [-0.4, -0.2) is 38.7 Å². The highest BCUT2D eigenvalue weighted by Gasteiger charge is 2.34. The Bertz CT molecular complexity index is 974. The van der Waals surface area contributed by atoms with Crippen molar-refractivity contribution in [2.24, 2.45) is 0 Å². The van der Waals surface area contributed by atoms with Crippen LogP contribution in [0.2, 0.25) is 0 Å². The maximum Gasteiger partial charge on any atom is 0.126 e. The summed E-state index contributed by atoms with van der Waals surface area (Å²) in [4.78, 5) is 0. The standard InChI is InChI=1S/C28H34O6/c1-28(23-9-7-6-8-10-23,24-11-19(15-31-2)26(29)20(12-24)16-32-3)25-13-21(17-33-4)27(30)22(14-25)18-34-5/h6-14,29-30H,15-18H2,1-5H3. The number of methoxy groups -OCH3 is 4. The summed E-state index contributed by atoms with van der Waals surface area (Å²) in [5.74, 6) is 0.349. The van der Waals surface area contributed by atoms with Crippen LogP contribution in [-0.2, 0) is 50.8 Å². The Balaban J connectivity index is 2.36. The lowest BCUT2D eigenvalue weighted by Crippen LogP contribution is -2.26. The molecule has 0 aliphatic heterocycles. The average molecular weight is 467 g/mol. The smallest absolute Gasteiger partial charge is 0.126 e. The number of hydrogen-bond acceptors (Lipinski definition) is 6. The van der Waals surface area contributed by atoms with Crippen molar-refractivity contribution in [2.75, 3.05) is 28.4 Å². The Morgan fingerprint density at radius 1 is 0.559 bits per heavy atom. The quantitative estimate of drug-likeness (QED) is 0.386. The summed E-state index contributed by atoms with van der Waals surface area (Å²) in [5, 5.41) is 21.6. The van der Waals surface area contributed by atoms with Gasteiger partial charge in [0, 0.05) is 56.1 Å². The number of benzene rings is 3. The minimum atomic E-state index is -0.626. The van der Waals surface area contributed by atoms with Crippen molar-refractivity contribution < 1.29 is 29.2 Å². The van der Waals surface area contributed by atoms with Crippen LogP contribution in [0.25, 0.3) is 0 Å². The Hall–Kier alpha value is -2.90. The highest BCUT2D eigenvalue weighted by molar-refractivity contribution is 5.57. The number of phenols is 2. The predicted molar refractivity (Wildman–Crippen MR) is 131 cm³/mol. The van der Waals surface area contributed by atoms with Gasteiger partial charge < -0.3 is 29.2 Å². The van der Waals surface area contributed by atoms with Gasteiger partial charge in [0.15, 0.2) is 0 Å². The number of hydrogen-bond donors (Lipinski definition) is 2. The second-order valence-corrected chi connectivity index (χ2v) is 8.51. The maximum absolute atomic E-state index is 10.8. The molecule has 182 valence electrons. The van der Waals surface area contributed by atoms with Crippen LogP contribution in [0.5, 0.6) is 11.5 Å². The zero-order valence-corrected chi connectivity index (χ0v) is 20.6. The third-order valence-corrected chi connectivity index (χ3v) is 6.24. The minimum absolute atomic E-state index is 0.175. The Labute approximate surface area is 201 Å². The molecule has 0 fully saturated rings. The van der Waals surface area contributed by atoms with Gasteiger partial charge in [-0.1, -0.05) is 30.3 Å². The Kier molecular flexibility index (Phi) is 8.69. The van der Waals surface area contributed by atoms with E-state index in [0.29, 0.717) is 22.3 Å². The minimum Gasteiger partial charge on any atom is -0.507 e. The highest BCUT2D eigenvalue weighted by atomic mass is 16.5. The predicted octanol–water partition coefficient (Wildman–Crippen LogP) is 5.04. The first-order chi connectivity index (χ1) is 16.4. The summed E-state index contributed by atoms with van der Waals surface area (Å²) in [6.07, 6.45) is 0. The molecule has 0 unspecified atom stereocenters. The molecule has 6 nitrogen and oxygen atoms in total. The van der Waals surface area contributed by atoms with Crippen LogP contribution in [0, 0.1) is 0 Å². The molecule has 0 aromatic heterocycles. The largest absolute Gasteiger partial charge is 0.507 e. The third-order valence-electron chi connectivity index (χ3n) is 6.24. The molecule has 0 spiro atoms. The molecular weight excluding hydrogens is 432 g/mol. The molecule has 3 aromatic rings. The van der Waals surface area contributed by atoms with Gasteiger partial charge in [0.2, 0.25) is 0 Å². The van der Waals surface area contributed by atoms with Crippen molar-refractivity contribution in [1.29, 1.82) is 0 Å². The maximum atomic E-state index is 10.8. The van der Waals surface area contributed by atoms with Crippen LogP contribution >= 0.6 is 0 Å². The molecule has 34 heavy (non-hydrogen) atoms. The summed E-state index contributed by atoms with van der Waals surface area (Å²) in [6.45, 7) is 3.20. The first kappa shape index (κ1) is 25.7. The molecule has 0 saturated heterocycles. The van der Waals surface area contributed by atoms with Gasteiger partial charge in [-0.05, 0) is 47.9 Å². The zero-order valence-electron chi connectivity index (χ0n) is 20.6. The first-order valence-electron chi connectivity index (χ1n) is 11.1. The van der Waals surface area contributed by atoms with Crippen LogP contribution in [0.3, 0.4) is 0 Å². The number of aromatic hydroxyl groups is 2. The molecule has 3 aromatic carbocycles. The fourth-order valence-electron chi connectivity index (χ4n) is 4.43. The van der Waals surface area contributed by atoms with E-state index in [1.54, 1.807) is 28.4 Å². The molecule has 0 atom stereocenters. The van der Waals surface area contributed by atoms with E-state index in [2.05, 4.69) is 19.1 Å². The van der Waals surface area contributed by atoms with E-state index in [9.17, 15) is 10.2 Å². The third kappa shape index (κ3) is 5.10. The summed E-state index contributed by atoms with van der Waals surface area (Å²) in [5.41, 5.74) is 5.10. The summed E-state index contributed by atoms with van der Waals surface area (Å²) >= 11 is 0. The zero-order chi connectivity index (χ0) is 24.7. The lowest BCUT2D eigenvalue weighted by molar-refractivity contribution is 0.174. The van der Waals surface area contributed by atoms with Crippen molar-refractivity contribution in [3.05, 3.63) is 93.5 Å². The van der Waals surface area contributed by atoms with E-state index in [1.807, 2.05) is 42.5 Å². The second-order valence-electron chi connectivity index (χ2n) is 8.51. The summed E-state index contributed by atoms with van der Waals surface area (Å²) in [7, 11) is 6.41. The van der Waals surface area contributed by atoms with Crippen LogP contribution in [0.1, 0.15) is 45.9 Å². The van der Waals surface area contributed by atoms with Gasteiger partial charge in [0.25, 0.3) is 0 Å². The molecule has 2 N–H and O–H groups in total. The van der Waals surface area contributed by atoms with E-state index < -0.39 is 5.41 Å². The molecule has 0 saturated carbocycles. The molecule has 0 aliphatic carbocycles. The highest BCUT2D eigenvalue weighted by Crippen LogP contribution is 2.43. The lowest BCUT2D eigenvalue weighted by Gasteiger charge is -2.34. The molecule has 0 bridgehead atoms. The van der Waals surface area contributed by atoms with Crippen molar-refractivity contribution in [3.63, 3.8) is 0 Å². The molecule has 0 heterocycles. The van der Waals surface area contributed by atoms with Crippen LogP contribution in [0.15, 0.2) is 54.6 Å². The molecule has 0 aliphatic rings. The Morgan fingerprint density at radius 3 is 1.18 bits per heavy atom. The Morgan fingerprint density at radius 2 is 0.882 bits per heavy atom. The van der Waals surface area contributed by atoms with Gasteiger partial charge in [-0.25, -0.2) is 0 Å². The normalized spacial score (nSPS) is 11.7. The summed E-state index contributed by atoms with van der Waals surface area (Å²) in [6, 6.07) is 18.1. The molecule has 0 amide bonds. The summed E-state index contributed by atoms with van der Waals surface area (Å²) < 4.78 is 21.5. The van der Waals surface area contributed by atoms with Gasteiger partial charge >= 0.3 is 0 Å². The van der Waals surface area contributed by atoms with Gasteiger partial charge in [0.1, 0.15) is 11.5 Å². The van der Waals surface area contributed by atoms with Crippen LogP contribution in [0.4, 0.5) is 0 Å². The van der Waals surface area contributed by atoms with E-state index in [0.717, 1.165) is 16.7 Å². The molecule has 0 radical (unpaired) electrons. The topological polar surface area (TPSA) is 77.4 Å². The van der Waals surface area contributed by atoms with Crippen LogP contribution < -0.4 is 0 Å². The monoisotopic (exact) mass is 466 g/mol. The van der Waals surface area contributed by atoms with Crippen molar-refractivity contribution >= 4 is 0 Å². The van der Waals surface area contributed by atoms with Gasteiger partial charge in [-0.2, -0.15) is 0 Å². The van der Waals surface area contributed by atoms with E-state index in [-0.39, 0.29) is 37.9 Å². The van der Waals surface area contributed by atoms with E-state index >= 15 is 0 Å². The van der Waals surface area contributed by atoms with E-state index in [1.165, 1.54) is 0 Å². The van der Waals surface area contributed by atoms with Gasteiger partial charge in [-0.3, -0.25) is 0 Å². The molecule has 3 rings (SSSR count). The molecule has 6 heteroatoms.